The predicted octanol–water partition coefficient (Wildman–Crippen LogP) is 5.34. The van der Waals surface area contributed by atoms with Gasteiger partial charge in [-0.2, -0.15) is 26.3 Å². The molecule has 0 aliphatic carbocycles. The zero-order chi connectivity index (χ0) is 15.7. The molecule has 0 aromatic heterocycles. The Morgan fingerprint density at radius 3 is 1.90 bits per heavy atom. The quantitative estimate of drug-likeness (QED) is 0.636. The van der Waals surface area contributed by atoms with E-state index in [9.17, 15) is 26.3 Å². The number of nitrogens with zero attached hydrogens (tertiary/aromatic N) is 1. The molecule has 20 heavy (non-hydrogen) atoms. The van der Waals surface area contributed by atoms with Crippen molar-refractivity contribution in [2.24, 2.45) is 0 Å². The molecule has 0 saturated carbocycles. The van der Waals surface area contributed by atoms with Gasteiger partial charge in [0.2, 0.25) is 0 Å². The highest BCUT2D eigenvalue weighted by molar-refractivity contribution is 9.10. The normalized spacial score (nSPS) is 12.7. The molecule has 0 aliphatic heterocycles. The second-order valence-corrected chi connectivity index (χ2v) is 5.32. The lowest BCUT2D eigenvalue weighted by Gasteiger charge is -2.28. The summed E-state index contributed by atoms with van der Waals surface area (Å²) < 4.78 is 75.0. The van der Waals surface area contributed by atoms with Crippen molar-refractivity contribution in [2.75, 3.05) is 18.0 Å². The van der Waals surface area contributed by atoms with Gasteiger partial charge in [-0.05, 0) is 40.5 Å². The van der Waals surface area contributed by atoms with Crippen molar-refractivity contribution in [1.29, 1.82) is 0 Å². The molecule has 0 amide bonds. The Bertz CT molecular complexity index is 469. The summed E-state index contributed by atoms with van der Waals surface area (Å²) in [7, 11) is 0. The zero-order valence-electron chi connectivity index (χ0n) is 10.0. The third-order valence-electron chi connectivity index (χ3n) is 2.39. The summed E-state index contributed by atoms with van der Waals surface area (Å²) in [6.45, 7) is -2.04. The highest BCUT2D eigenvalue weighted by Gasteiger charge is 2.38. The molecule has 0 bridgehead atoms. The fourth-order valence-corrected chi connectivity index (χ4v) is 2.23. The van der Waals surface area contributed by atoms with Crippen molar-refractivity contribution in [2.45, 2.75) is 19.3 Å². The molecule has 1 aromatic carbocycles. The molecular weight excluding hydrogens is 375 g/mol. The maximum atomic E-state index is 12.4. The molecule has 0 aliphatic rings. The third-order valence-corrected chi connectivity index (χ3v) is 3.77. The standard InChI is InChI=1S/C11H9BrClF6N/c1-6-8(3-2-7(12)9(6)13)20(4-10(14,15)16)5-11(17,18)19/h2-3H,4-5H2,1H3. The molecule has 0 unspecified atom stereocenters. The van der Waals surface area contributed by atoms with Gasteiger partial charge < -0.3 is 4.90 Å². The van der Waals surface area contributed by atoms with Gasteiger partial charge in [0, 0.05) is 10.2 Å². The van der Waals surface area contributed by atoms with Crippen LogP contribution in [-0.4, -0.2) is 25.4 Å². The Morgan fingerprint density at radius 2 is 1.50 bits per heavy atom. The first-order valence-electron chi connectivity index (χ1n) is 5.24. The van der Waals surface area contributed by atoms with Crippen LogP contribution in [0.4, 0.5) is 32.0 Å². The maximum Gasteiger partial charge on any atom is 0.405 e. The number of benzene rings is 1. The second kappa shape index (κ2) is 6.01. The van der Waals surface area contributed by atoms with E-state index >= 15 is 0 Å². The van der Waals surface area contributed by atoms with Crippen molar-refractivity contribution in [3.8, 4) is 0 Å². The van der Waals surface area contributed by atoms with Gasteiger partial charge >= 0.3 is 12.4 Å². The van der Waals surface area contributed by atoms with Crippen LogP contribution in [0.2, 0.25) is 5.02 Å². The van der Waals surface area contributed by atoms with Crippen LogP contribution in [0.25, 0.3) is 0 Å². The lowest BCUT2D eigenvalue weighted by Crippen LogP contribution is -2.41. The smallest absolute Gasteiger partial charge is 0.353 e. The summed E-state index contributed by atoms with van der Waals surface area (Å²) in [6.07, 6.45) is -9.51. The van der Waals surface area contributed by atoms with E-state index in [1.54, 1.807) is 0 Å². The van der Waals surface area contributed by atoms with Crippen LogP contribution < -0.4 is 4.90 Å². The van der Waals surface area contributed by atoms with E-state index in [0.29, 0.717) is 4.47 Å². The fourth-order valence-electron chi connectivity index (χ4n) is 1.64. The molecule has 0 N–H and O–H groups in total. The Balaban J connectivity index is 3.20. The number of anilines is 1. The highest BCUT2D eigenvalue weighted by Crippen LogP contribution is 2.35. The van der Waals surface area contributed by atoms with Crippen LogP contribution in [-0.2, 0) is 0 Å². The molecule has 0 atom stereocenters. The van der Waals surface area contributed by atoms with E-state index in [2.05, 4.69) is 15.9 Å². The Kier molecular flexibility index (Phi) is 5.23. The van der Waals surface area contributed by atoms with E-state index in [1.165, 1.54) is 19.1 Å². The molecule has 0 heterocycles. The van der Waals surface area contributed by atoms with Gasteiger partial charge in [-0.1, -0.05) is 11.6 Å². The van der Waals surface area contributed by atoms with Gasteiger partial charge in [-0.25, -0.2) is 0 Å². The SMILES string of the molecule is Cc1c(N(CC(F)(F)F)CC(F)(F)F)ccc(Br)c1Cl. The molecule has 1 rings (SSSR count). The largest absolute Gasteiger partial charge is 0.405 e. The molecule has 1 nitrogen and oxygen atoms in total. The lowest BCUT2D eigenvalue weighted by atomic mass is 10.1. The fraction of sp³-hybridized carbons (Fsp3) is 0.455. The summed E-state index contributed by atoms with van der Waals surface area (Å²) >= 11 is 8.89. The van der Waals surface area contributed by atoms with Crippen LogP contribution in [0.15, 0.2) is 16.6 Å². The topological polar surface area (TPSA) is 3.24 Å². The Morgan fingerprint density at radius 1 is 1.05 bits per heavy atom. The van der Waals surface area contributed by atoms with Crippen molar-refractivity contribution >= 4 is 33.2 Å². The van der Waals surface area contributed by atoms with Crippen molar-refractivity contribution in [3.63, 3.8) is 0 Å². The predicted molar refractivity (Wildman–Crippen MR) is 68.2 cm³/mol. The maximum absolute atomic E-state index is 12.4. The summed E-state index contributed by atoms with van der Waals surface area (Å²) in [5.74, 6) is 0. The van der Waals surface area contributed by atoms with Crippen LogP contribution in [0.5, 0.6) is 0 Å². The summed E-state index contributed by atoms with van der Waals surface area (Å²) in [5.41, 5.74) is -0.0533. The third kappa shape index (κ3) is 5.05. The number of hydrogen-bond acceptors (Lipinski definition) is 1. The van der Waals surface area contributed by atoms with Crippen molar-refractivity contribution in [1.82, 2.24) is 0 Å². The van der Waals surface area contributed by atoms with Gasteiger partial charge in [0.1, 0.15) is 13.1 Å². The number of alkyl halides is 6. The first-order chi connectivity index (χ1) is 8.91. The second-order valence-electron chi connectivity index (χ2n) is 4.09. The highest BCUT2D eigenvalue weighted by atomic mass is 79.9. The van der Waals surface area contributed by atoms with Gasteiger partial charge in [0.15, 0.2) is 0 Å². The van der Waals surface area contributed by atoms with Crippen molar-refractivity contribution in [3.05, 3.63) is 27.2 Å². The van der Waals surface area contributed by atoms with E-state index in [-0.39, 0.29) is 21.2 Å². The molecule has 9 heteroatoms. The summed E-state index contributed by atoms with van der Waals surface area (Å²) in [6, 6.07) is 2.48. The van der Waals surface area contributed by atoms with Gasteiger partial charge in [0.05, 0.1) is 5.02 Å². The van der Waals surface area contributed by atoms with E-state index < -0.39 is 25.4 Å². The number of rotatable bonds is 3. The first-order valence-corrected chi connectivity index (χ1v) is 6.41. The molecule has 0 radical (unpaired) electrons. The molecule has 1 aromatic rings. The van der Waals surface area contributed by atoms with E-state index in [0.717, 1.165) is 0 Å². The van der Waals surface area contributed by atoms with Gasteiger partial charge in [0.25, 0.3) is 0 Å². The minimum atomic E-state index is -4.75. The zero-order valence-corrected chi connectivity index (χ0v) is 12.4. The van der Waals surface area contributed by atoms with Gasteiger partial charge in [-0.3, -0.25) is 0 Å². The van der Waals surface area contributed by atoms with E-state index in [1.807, 2.05) is 0 Å². The molecule has 114 valence electrons. The van der Waals surface area contributed by atoms with Crippen LogP contribution in [0, 0.1) is 6.92 Å². The molecule has 0 fully saturated rings. The average molecular weight is 385 g/mol. The first kappa shape index (κ1) is 17.4. The summed E-state index contributed by atoms with van der Waals surface area (Å²) in [4.78, 5) is 0.216. The lowest BCUT2D eigenvalue weighted by molar-refractivity contribution is -0.137. The Hall–Kier alpha value is -0.630. The minimum Gasteiger partial charge on any atom is -0.353 e. The summed E-state index contributed by atoms with van der Waals surface area (Å²) in [5, 5.41) is 0.0804. The molecular formula is C11H9BrClF6N. The van der Waals surface area contributed by atoms with Crippen LogP contribution in [0.3, 0.4) is 0 Å². The van der Waals surface area contributed by atoms with Crippen LogP contribution in [0.1, 0.15) is 5.56 Å². The molecule has 0 saturated heterocycles. The monoisotopic (exact) mass is 383 g/mol. The average Bonchev–Trinajstić information content (AvgIpc) is 2.21. The van der Waals surface area contributed by atoms with Crippen molar-refractivity contribution < 1.29 is 26.3 Å². The molecule has 0 spiro atoms. The Labute approximate surface area is 124 Å². The minimum absolute atomic E-state index is 0.0804. The van der Waals surface area contributed by atoms with Crippen LogP contribution >= 0.6 is 27.5 Å². The van der Waals surface area contributed by atoms with E-state index in [4.69, 9.17) is 11.6 Å². The van der Waals surface area contributed by atoms with Gasteiger partial charge in [-0.15, -0.1) is 0 Å². The number of hydrogen-bond donors (Lipinski definition) is 0. The number of halogens is 8.